The number of hydrogen-bond donors (Lipinski definition) is 1. The Morgan fingerprint density at radius 3 is 2.90 bits per heavy atom. The van der Waals surface area contributed by atoms with E-state index in [0.717, 1.165) is 20.7 Å². The predicted octanol–water partition coefficient (Wildman–Crippen LogP) is 1.74. The standard InChI is InChI=1S/C19H15ClN6O4S/c1-24-16-15(17(28)25(2)19(24)29)26(8-21-16)6-13(27)22-18-23-14-10-4-3-9(20)5-11(10)30-7-12(14)31-18/h3-5,8H,6-7H2,1-2H3,(H,22,23,27). The van der Waals surface area contributed by atoms with Gasteiger partial charge in [0.1, 0.15) is 18.9 Å². The Bertz CT molecular complexity index is 1500. The molecule has 0 bridgehead atoms. The minimum Gasteiger partial charge on any atom is -0.487 e. The summed E-state index contributed by atoms with van der Waals surface area (Å²) in [5, 5.41) is 3.76. The van der Waals surface area contributed by atoms with E-state index in [9.17, 15) is 14.4 Å². The molecule has 1 aliphatic rings. The van der Waals surface area contributed by atoms with Crippen molar-refractivity contribution in [3.05, 3.63) is 55.3 Å². The summed E-state index contributed by atoms with van der Waals surface area (Å²) >= 11 is 7.34. The van der Waals surface area contributed by atoms with E-state index in [1.54, 1.807) is 12.1 Å². The number of benzene rings is 1. The van der Waals surface area contributed by atoms with Gasteiger partial charge in [0, 0.05) is 24.7 Å². The molecule has 0 unspecified atom stereocenters. The largest absolute Gasteiger partial charge is 0.487 e. The van der Waals surface area contributed by atoms with Crippen molar-refractivity contribution in [2.75, 3.05) is 5.32 Å². The number of nitrogens with zero attached hydrogens (tertiary/aromatic N) is 5. The number of anilines is 1. The van der Waals surface area contributed by atoms with Crippen LogP contribution in [0.4, 0.5) is 5.13 Å². The fraction of sp³-hybridized carbons (Fsp3) is 0.211. The first kappa shape index (κ1) is 19.5. The first-order chi connectivity index (χ1) is 14.8. The Morgan fingerprint density at radius 2 is 2.10 bits per heavy atom. The van der Waals surface area contributed by atoms with Gasteiger partial charge < -0.3 is 14.6 Å². The van der Waals surface area contributed by atoms with E-state index in [0.29, 0.717) is 22.5 Å². The van der Waals surface area contributed by atoms with Crippen LogP contribution in [0.5, 0.6) is 5.75 Å². The van der Waals surface area contributed by atoms with Gasteiger partial charge in [0.15, 0.2) is 16.3 Å². The van der Waals surface area contributed by atoms with Crippen LogP contribution in [0.2, 0.25) is 5.02 Å². The summed E-state index contributed by atoms with van der Waals surface area (Å²) in [5.41, 5.74) is 0.961. The molecule has 1 aliphatic heterocycles. The number of halogens is 1. The van der Waals surface area contributed by atoms with E-state index in [2.05, 4.69) is 15.3 Å². The third-order valence-electron chi connectivity index (χ3n) is 5.03. The van der Waals surface area contributed by atoms with Gasteiger partial charge in [0.2, 0.25) is 5.91 Å². The second-order valence-corrected chi connectivity index (χ2v) is 8.54. The van der Waals surface area contributed by atoms with Gasteiger partial charge in [-0.2, -0.15) is 0 Å². The predicted molar refractivity (Wildman–Crippen MR) is 116 cm³/mol. The average Bonchev–Trinajstić information content (AvgIpc) is 3.34. The molecule has 10 nitrogen and oxygen atoms in total. The smallest absolute Gasteiger partial charge is 0.332 e. The monoisotopic (exact) mass is 458 g/mol. The van der Waals surface area contributed by atoms with Crippen molar-refractivity contribution in [3.63, 3.8) is 0 Å². The molecule has 0 saturated carbocycles. The number of ether oxygens (including phenoxy) is 1. The number of aromatic nitrogens is 5. The maximum Gasteiger partial charge on any atom is 0.332 e. The first-order valence-electron chi connectivity index (χ1n) is 9.16. The zero-order chi connectivity index (χ0) is 21.9. The number of carbonyl (C=O) groups is 1. The molecule has 31 heavy (non-hydrogen) atoms. The second-order valence-electron chi connectivity index (χ2n) is 7.02. The lowest BCUT2D eigenvalue weighted by Crippen LogP contribution is -2.37. The molecule has 0 aliphatic carbocycles. The van der Waals surface area contributed by atoms with Gasteiger partial charge >= 0.3 is 5.69 Å². The number of fused-ring (bicyclic) bond motifs is 4. The normalized spacial score (nSPS) is 12.4. The number of rotatable bonds is 3. The van der Waals surface area contributed by atoms with E-state index in [-0.39, 0.29) is 23.6 Å². The zero-order valence-electron chi connectivity index (χ0n) is 16.4. The molecule has 0 radical (unpaired) electrons. The zero-order valence-corrected chi connectivity index (χ0v) is 18.0. The highest BCUT2D eigenvalue weighted by Gasteiger charge is 2.23. The highest BCUT2D eigenvalue weighted by Crippen LogP contribution is 2.41. The van der Waals surface area contributed by atoms with Crippen LogP contribution < -0.4 is 21.3 Å². The number of hydrogen-bond acceptors (Lipinski definition) is 7. The van der Waals surface area contributed by atoms with Crippen molar-refractivity contribution in [2.24, 2.45) is 14.1 Å². The van der Waals surface area contributed by atoms with Crippen molar-refractivity contribution >= 4 is 45.1 Å². The third-order valence-corrected chi connectivity index (χ3v) is 6.21. The minimum absolute atomic E-state index is 0.156. The van der Waals surface area contributed by atoms with Crippen LogP contribution in [0.3, 0.4) is 0 Å². The first-order valence-corrected chi connectivity index (χ1v) is 10.4. The molecule has 5 rings (SSSR count). The average molecular weight is 459 g/mol. The van der Waals surface area contributed by atoms with E-state index < -0.39 is 11.2 Å². The molecule has 12 heteroatoms. The van der Waals surface area contributed by atoms with Gasteiger partial charge in [-0.15, -0.1) is 0 Å². The van der Waals surface area contributed by atoms with Crippen LogP contribution in [-0.4, -0.2) is 29.6 Å². The summed E-state index contributed by atoms with van der Waals surface area (Å²) in [5.74, 6) is 0.271. The summed E-state index contributed by atoms with van der Waals surface area (Å²) in [7, 11) is 2.91. The molecule has 1 amide bonds. The van der Waals surface area contributed by atoms with E-state index >= 15 is 0 Å². The Kier molecular flexibility index (Phi) is 4.45. The quantitative estimate of drug-likeness (QED) is 0.500. The van der Waals surface area contributed by atoms with Crippen molar-refractivity contribution < 1.29 is 9.53 Å². The molecule has 1 N–H and O–H groups in total. The fourth-order valence-electron chi connectivity index (χ4n) is 3.50. The van der Waals surface area contributed by atoms with Gasteiger partial charge in [-0.3, -0.25) is 18.7 Å². The van der Waals surface area contributed by atoms with Gasteiger partial charge in [-0.1, -0.05) is 22.9 Å². The fourth-order valence-corrected chi connectivity index (χ4v) is 4.57. The molecular formula is C19H15ClN6O4S. The number of nitrogens with one attached hydrogen (secondary N) is 1. The van der Waals surface area contributed by atoms with Crippen molar-refractivity contribution in [1.29, 1.82) is 0 Å². The van der Waals surface area contributed by atoms with Crippen molar-refractivity contribution in [3.8, 4) is 17.0 Å². The Balaban J connectivity index is 1.42. The van der Waals surface area contributed by atoms with Gasteiger partial charge in [0.25, 0.3) is 5.56 Å². The van der Waals surface area contributed by atoms with Crippen LogP contribution in [-0.2, 0) is 32.0 Å². The summed E-state index contributed by atoms with van der Waals surface area (Å²) in [6.07, 6.45) is 1.37. The minimum atomic E-state index is -0.513. The van der Waals surface area contributed by atoms with Crippen LogP contribution in [0.1, 0.15) is 4.88 Å². The molecule has 4 aromatic rings. The molecule has 0 spiro atoms. The van der Waals surface area contributed by atoms with Gasteiger partial charge in [-0.25, -0.2) is 14.8 Å². The summed E-state index contributed by atoms with van der Waals surface area (Å²) < 4.78 is 9.39. The highest BCUT2D eigenvalue weighted by atomic mass is 35.5. The van der Waals surface area contributed by atoms with Crippen LogP contribution in [0.15, 0.2) is 34.1 Å². The summed E-state index contributed by atoms with van der Waals surface area (Å²) in [4.78, 5) is 46.8. The SMILES string of the molecule is Cn1c(=O)c2c(ncn2CC(=O)Nc2nc3c(s2)COc2cc(Cl)ccc2-3)n(C)c1=O. The van der Waals surface area contributed by atoms with Crippen molar-refractivity contribution in [1.82, 2.24) is 23.7 Å². The Labute approximate surface area is 183 Å². The number of carbonyl (C=O) groups excluding carboxylic acids is 1. The Morgan fingerprint density at radius 1 is 1.29 bits per heavy atom. The van der Waals surface area contributed by atoms with Crippen LogP contribution in [0.25, 0.3) is 22.4 Å². The lowest BCUT2D eigenvalue weighted by Gasteiger charge is -2.16. The van der Waals surface area contributed by atoms with Crippen LogP contribution in [0, 0.1) is 0 Å². The van der Waals surface area contributed by atoms with Gasteiger partial charge in [0.05, 0.1) is 16.9 Å². The number of thiazole rings is 1. The maximum atomic E-state index is 12.7. The molecule has 0 fully saturated rings. The summed E-state index contributed by atoms with van der Waals surface area (Å²) in [6, 6.07) is 5.32. The molecule has 158 valence electrons. The molecule has 1 aromatic carbocycles. The molecular weight excluding hydrogens is 444 g/mol. The third kappa shape index (κ3) is 3.13. The molecule has 0 atom stereocenters. The van der Waals surface area contributed by atoms with Gasteiger partial charge in [-0.05, 0) is 18.2 Å². The van der Waals surface area contributed by atoms with Crippen LogP contribution >= 0.6 is 22.9 Å². The summed E-state index contributed by atoms with van der Waals surface area (Å²) in [6.45, 7) is 0.184. The van der Waals surface area contributed by atoms with E-state index in [1.165, 1.54) is 40.9 Å². The van der Waals surface area contributed by atoms with Crippen molar-refractivity contribution in [2.45, 2.75) is 13.2 Å². The molecule has 4 heterocycles. The number of amides is 1. The number of aryl methyl sites for hydroxylation is 1. The van der Waals surface area contributed by atoms with E-state index in [1.807, 2.05) is 6.07 Å². The second kappa shape index (κ2) is 7.06. The topological polar surface area (TPSA) is 113 Å². The highest BCUT2D eigenvalue weighted by molar-refractivity contribution is 7.16. The Hall–Kier alpha value is -3.44. The van der Waals surface area contributed by atoms with E-state index in [4.69, 9.17) is 16.3 Å². The lowest BCUT2D eigenvalue weighted by atomic mass is 10.1. The molecule has 3 aromatic heterocycles. The maximum absolute atomic E-state index is 12.7. The lowest BCUT2D eigenvalue weighted by molar-refractivity contribution is -0.116. The number of imidazole rings is 1. The molecule has 0 saturated heterocycles.